The lowest BCUT2D eigenvalue weighted by atomic mass is 10.1. The second-order valence-corrected chi connectivity index (χ2v) is 5.88. The van der Waals surface area contributed by atoms with Crippen molar-refractivity contribution < 1.29 is 0 Å². The molecule has 94 valence electrons. The van der Waals surface area contributed by atoms with Crippen LogP contribution in [0.3, 0.4) is 0 Å². The summed E-state index contributed by atoms with van der Waals surface area (Å²) in [5.41, 5.74) is 2.95. The van der Waals surface area contributed by atoms with Gasteiger partial charge in [-0.1, -0.05) is 24.3 Å². The Morgan fingerprint density at radius 3 is 2.59 bits per heavy atom. The molecule has 0 radical (unpaired) electrons. The SMILES string of the molecule is CSCCCCNCc1ccc(C2CC2)cc1. The summed E-state index contributed by atoms with van der Waals surface area (Å²) in [5.74, 6) is 2.17. The van der Waals surface area contributed by atoms with Crippen molar-refractivity contribution >= 4 is 11.8 Å². The van der Waals surface area contributed by atoms with E-state index in [1.807, 2.05) is 11.8 Å². The molecule has 0 spiro atoms. The first-order valence-electron chi connectivity index (χ1n) is 6.68. The fourth-order valence-electron chi connectivity index (χ4n) is 2.05. The monoisotopic (exact) mass is 249 g/mol. The molecule has 1 aliphatic carbocycles. The minimum absolute atomic E-state index is 0.878. The second-order valence-electron chi connectivity index (χ2n) is 4.89. The van der Waals surface area contributed by atoms with E-state index in [0.29, 0.717) is 0 Å². The Bertz CT molecular complexity index is 316. The number of thioether (sulfide) groups is 1. The number of hydrogen-bond donors (Lipinski definition) is 1. The number of benzene rings is 1. The van der Waals surface area contributed by atoms with Crippen LogP contribution in [0.2, 0.25) is 0 Å². The molecular weight excluding hydrogens is 226 g/mol. The first-order chi connectivity index (χ1) is 8.40. The van der Waals surface area contributed by atoms with Crippen LogP contribution >= 0.6 is 11.8 Å². The predicted molar refractivity (Wildman–Crippen MR) is 77.7 cm³/mol. The molecule has 1 N–H and O–H groups in total. The third-order valence-electron chi connectivity index (χ3n) is 3.31. The lowest BCUT2D eigenvalue weighted by molar-refractivity contribution is 0.644. The molecule has 1 aromatic rings. The smallest absolute Gasteiger partial charge is 0.0205 e. The summed E-state index contributed by atoms with van der Waals surface area (Å²) in [4.78, 5) is 0. The van der Waals surface area contributed by atoms with Crippen LogP contribution in [0.5, 0.6) is 0 Å². The van der Waals surface area contributed by atoms with Gasteiger partial charge in [0, 0.05) is 6.54 Å². The normalized spacial score (nSPS) is 15.1. The van der Waals surface area contributed by atoms with Gasteiger partial charge in [-0.25, -0.2) is 0 Å². The van der Waals surface area contributed by atoms with Crippen LogP contribution < -0.4 is 5.32 Å². The fourth-order valence-corrected chi connectivity index (χ4v) is 2.55. The number of hydrogen-bond acceptors (Lipinski definition) is 2. The Morgan fingerprint density at radius 1 is 1.18 bits per heavy atom. The van der Waals surface area contributed by atoms with Crippen molar-refractivity contribution in [3.63, 3.8) is 0 Å². The summed E-state index contributed by atoms with van der Waals surface area (Å²) < 4.78 is 0. The van der Waals surface area contributed by atoms with Crippen LogP contribution in [0.4, 0.5) is 0 Å². The largest absolute Gasteiger partial charge is 0.313 e. The van der Waals surface area contributed by atoms with Gasteiger partial charge >= 0.3 is 0 Å². The van der Waals surface area contributed by atoms with E-state index in [-0.39, 0.29) is 0 Å². The zero-order chi connectivity index (χ0) is 11.9. The number of unbranched alkanes of at least 4 members (excludes halogenated alkanes) is 1. The maximum atomic E-state index is 3.52. The number of nitrogens with one attached hydrogen (secondary N) is 1. The van der Waals surface area contributed by atoms with Crippen molar-refractivity contribution in [1.29, 1.82) is 0 Å². The molecule has 0 unspecified atom stereocenters. The predicted octanol–water partition coefficient (Wildman–Crippen LogP) is 3.80. The Labute approximate surface area is 109 Å². The zero-order valence-corrected chi connectivity index (χ0v) is 11.6. The quantitative estimate of drug-likeness (QED) is 0.703. The second kappa shape index (κ2) is 7.07. The van der Waals surface area contributed by atoms with Crippen molar-refractivity contribution in [1.82, 2.24) is 5.32 Å². The molecule has 0 amide bonds. The molecule has 1 aromatic carbocycles. The molecular formula is C15H23NS. The fraction of sp³-hybridized carbons (Fsp3) is 0.600. The maximum Gasteiger partial charge on any atom is 0.0205 e. The van der Waals surface area contributed by atoms with E-state index in [0.717, 1.165) is 19.0 Å². The van der Waals surface area contributed by atoms with E-state index < -0.39 is 0 Å². The van der Waals surface area contributed by atoms with Crippen LogP contribution in [-0.2, 0) is 6.54 Å². The van der Waals surface area contributed by atoms with Crippen molar-refractivity contribution in [2.24, 2.45) is 0 Å². The highest BCUT2D eigenvalue weighted by Gasteiger charge is 2.22. The molecule has 0 heterocycles. The van der Waals surface area contributed by atoms with Gasteiger partial charge in [-0.2, -0.15) is 11.8 Å². The van der Waals surface area contributed by atoms with Gasteiger partial charge in [-0.3, -0.25) is 0 Å². The standard InChI is InChI=1S/C15H23NS/c1-17-11-3-2-10-16-12-13-4-6-14(7-5-13)15-8-9-15/h4-7,15-16H,2-3,8-12H2,1H3. The van der Waals surface area contributed by atoms with E-state index in [1.165, 1.54) is 42.6 Å². The topological polar surface area (TPSA) is 12.0 Å². The van der Waals surface area contributed by atoms with Crippen LogP contribution in [-0.4, -0.2) is 18.6 Å². The van der Waals surface area contributed by atoms with E-state index >= 15 is 0 Å². The summed E-state index contributed by atoms with van der Waals surface area (Å²) in [5, 5.41) is 3.52. The molecule has 17 heavy (non-hydrogen) atoms. The minimum Gasteiger partial charge on any atom is -0.313 e. The summed E-state index contributed by atoms with van der Waals surface area (Å²) >= 11 is 1.94. The summed E-state index contributed by atoms with van der Waals surface area (Å²) in [6.45, 7) is 2.16. The van der Waals surface area contributed by atoms with Gasteiger partial charge in [0.25, 0.3) is 0 Å². The highest BCUT2D eigenvalue weighted by molar-refractivity contribution is 7.98. The molecule has 2 rings (SSSR count). The molecule has 1 fully saturated rings. The van der Waals surface area contributed by atoms with E-state index in [9.17, 15) is 0 Å². The summed E-state index contributed by atoms with van der Waals surface area (Å²) in [6.07, 6.45) is 7.59. The van der Waals surface area contributed by atoms with Crippen molar-refractivity contribution in [2.75, 3.05) is 18.6 Å². The molecule has 0 aromatic heterocycles. The molecule has 0 atom stereocenters. The highest BCUT2D eigenvalue weighted by Crippen LogP contribution is 2.39. The van der Waals surface area contributed by atoms with Crippen molar-refractivity contribution in [3.05, 3.63) is 35.4 Å². The van der Waals surface area contributed by atoms with E-state index in [2.05, 4.69) is 35.8 Å². The number of rotatable bonds is 8. The maximum absolute atomic E-state index is 3.52. The van der Waals surface area contributed by atoms with Crippen LogP contribution in [0, 0.1) is 0 Å². The van der Waals surface area contributed by atoms with Crippen LogP contribution in [0.15, 0.2) is 24.3 Å². The Balaban J connectivity index is 1.61. The molecule has 0 saturated heterocycles. The van der Waals surface area contributed by atoms with Gasteiger partial charge in [0.05, 0.1) is 0 Å². The van der Waals surface area contributed by atoms with Gasteiger partial charge in [-0.15, -0.1) is 0 Å². The Morgan fingerprint density at radius 2 is 1.94 bits per heavy atom. The molecule has 0 bridgehead atoms. The Hall–Kier alpha value is -0.470. The molecule has 1 aliphatic rings. The first kappa shape index (κ1) is 13.0. The highest BCUT2D eigenvalue weighted by atomic mass is 32.2. The van der Waals surface area contributed by atoms with Crippen molar-refractivity contribution in [2.45, 2.75) is 38.1 Å². The average Bonchev–Trinajstić information content (AvgIpc) is 3.19. The Kier molecular flexibility index (Phi) is 5.40. The molecule has 0 aliphatic heterocycles. The van der Waals surface area contributed by atoms with Crippen LogP contribution in [0.1, 0.15) is 42.7 Å². The van der Waals surface area contributed by atoms with Gasteiger partial charge in [0.2, 0.25) is 0 Å². The lowest BCUT2D eigenvalue weighted by Gasteiger charge is -2.05. The molecule has 1 saturated carbocycles. The van der Waals surface area contributed by atoms with Gasteiger partial charge in [0.15, 0.2) is 0 Å². The van der Waals surface area contributed by atoms with Gasteiger partial charge in [-0.05, 0) is 61.3 Å². The zero-order valence-electron chi connectivity index (χ0n) is 10.7. The molecule has 1 nitrogen and oxygen atoms in total. The van der Waals surface area contributed by atoms with Crippen molar-refractivity contribution in [3.8, 4) is 0 Å². The van der Waals surface area contributed by atoms with Crippen LogP contribution in [0.25, 0.3) is 0 Å². The molecule has 2 heteroatoms. The third-order valence-corrected chi connectivity index (χ3v) is 4.01. The van der Waals surface area contributed by atoms with E-state index in [1.54, 1.807) is 0 Å². The summed E-state index contributed by atoms with van der Waals surface area (Å²) in [6, 6.07) is 9.18. The van der Waals surface area contributed by atoms with E-state index in [4.69, 9.17) is 0 Å². The lowest BCUT2D eigenvalue weighted by Crippen LogP contribution is -2.14. The van der Waals surface area contributed by atoms with Gasteiger partial charge in [0.1, 0.15) is 0 Å². The van der Waals surface area contributed by atoms with Gasteiger partial charge < -0.3 is 5.32 Å². The first-order valence-corrected chi connectivity index (χ1v) is 8.08. The average molecular weight is 249 g/mol. The third kappa shape index (κ3) is 4.72. The summed E-state index contributed by atoms with van der Waals surface area (Å²) in [7, 11) is 0. The minimum atomic E-state index is 0.878.